The number of hydrogen-bond acceptors (Lipinski definition) is 6. The van der Waals surface area contributed by atoms with Crippen LogP contribution < -0.4 is 16.0 Å². The first-order valence-electron chi connectivity index (χ1n) is 6.37. The number of amides is 2. The lowest BCUT2D eigenvalue weighted by Crippen LogP contribution is -2.64. The number of carbonyl (C=O) groups excluding carboxylic acids is 3. The van der Waals surface area contributed by atoms with Crippen LogP contribution in [0.15, 0.2) is 18.2 Å². The monoisotopic (exact) mass is 291 g/mol. The van der Waals surface area contributed by atoms with Crippen LogP contribution in [-0.2, 0) is 14.3 Å². The fraction of sp³-hybridized carbons (Fsp3) is 0.357. The third-order valence-corrected chi connectivity index (χ3v) is 3.56. The van der Waals surface area contributed by atoms with Crippen molar-refractivity contribution in [1.82, 2.24) is 5.32 Å². The van der Waals surface area contributed by atoms with Gasteiger partial charge in [0, 0.05) is 0 Å². The Labute approximate surface area is 122 Å². The predicted octanol–water partition coefficient (Wildman–Crippen LogP) is 0.297. The molecule has 2 rings (SSSR count). The number of piperazine rings is 1. The molecular formula is C14H17N3O4. The Hall–Kier alpha value is -2.57. The van der Waals surface area contributed by atoms with Crippen LogP contribution in [0.4, 0.5) is 11.4 Å². The van der Waals surface area contributed by atoms with Crippen molar-refractivity contribution in [3.63, 3.8) is 0 Å². The van der Waals surface area contributed by atoms with Gasteiger partial charge in [-0.3, -0.25) is 14.9 Å². The summed E-state index contributed by atoms with van der Waals surface area (Å²) >= 11 is 0. The van der Waals surface area contributed by atoms with Crippen molar-refractivity contribution < 1.29 is 19.1 Å². The van der Waals surface area contributed by atoms with E-state index in [1.165, 1.54) is 13.2 Å². The van der Waals surface area contributed by atoms with Crippen molar-refractivity contribution in [1.29, 1.82) is 0 Å². The number of esters is 1. The molecule has 0 saturated carbocycles. The van der Waals surface area contributed by atoms with Crippen molar-refractivity contribution in [3.05, 3.63) is 23.8 Å². The third-order valence-electron chi connectivity index (χ3n) is 3.56. The van der Waals surface area contributed by atoms with E-state index in [0.29, 0.717) is 5.69 Å². The Morgan fingerprint density at radius 1 is 1.38 bits per heavy atom. The quantitative estimate of drug-likeness (QED) is 0.461. The standard InChI is InChI=1S/C14H17N3O4/c1-14(2)13(20)16-10(18)7-17(14)9-6-4-5-8(11(9)15)12(19)21-3/h4-6H,7,15H2,1-3H3,(H,16,18,20). The highest BCUT2D eigenvalue weighted by Crippen LogP contribution is 2.33. The highest BCUT2D eigenvalue weighted by atomic mass is 16.5. The predicted molar refractivity (Wildman–Crippen MR) is 76.8 cm³/mol. The van der Waals surface area contributed by atoms with E-state index in [9.17, 15) is 14.4 Å². The maximum atomic E-state index is 12.0. The summed E-state index contributed by atoms with van der Waals surface area (Å²) in [6.07, 6.45) is 0. The molecule has 1 aromatic rings. The van der Waals surface area contributed by atoms with Gasteiger partial charge >= 0.3 is 5.97 Å². The van der Waals surface area contributed by atoms with Crippen LogP contribution in [0.25, 0.3) is 0 Å². The van der Waals surface area contributed by atoms with E-state index in [4.69, 9.17) is 5.73 Å². The van der Waals surface area contributed by atoms with Gasteiger partial charge in [-0.1, -0.05) is 6.07 Å². The fourth-order valence-electron chi connectivity index (χ4n) is 2.25. The summed E-state index contributed by atoms with van der Waals surface area (Å²) in [6, 6.07) is 4.82. The lowest BCUT2D eigenvalue weighted by atomic mass is 9.96. The van der Waals surface area contributed by atoms with Crippen molar-refractivity contribution in [2.24, 2.45) is 0 Å². The molecule has 2 amide bonds. The van der Waals surface area contributed by atoms with Gasteiger partial charge in [0.05, 0.1) is 30.6 Å². The van der Waals surface area contributed by atoms with Gasteiger partial charge < -0.3 is 15.4 Å². The minimum absolute atomic E-state index is 0.0203. The molecule has 0 atom stereocenters. The average molecular weight is 291 g/mol. The second-order valence-electron chi connectivity index (χ2n) is 5.25. The smallest absolute Gasteiger partial charge is 0.340 e. The van der Waals surface area contributed by atoms with E-state index in [0.717, 1.165) is 0 Å². The van der Waals surface area contributed by atoms with Gasteiger partial charge in [0.15, 0.2) is 0 Å². The van der Waals surface area contributed by atoms with E-state index < -0.39 is 23.3 Å². The van der Waals surface area contributed by atoms with Gasteiger partial charge in [-0.25, -0.2) is 4.79 Å². The normalized spacial score (nSPS) is 17.4. The Kier molecular flexibility index (Phi) is 3.59. The van der Waals surface area contributed by atoms with Crippen LogP contribution >= 0.6 is 0 Å². The Bertz CT molecular complexity index is 625. The summed E-state index contributed by atoms with van der Waals surface area (Å²) in [5.74, 6) is -1.40. The molecule has 112 valence electrons. The second kappa shape index (κ2) is 5.08. The molecule has 3 N–H and O–H groups in total. The number of methoxy groups -OCH3 is 1. The molecule has 1 aliphatic rings. The SMILES string of the molecule is COC(=O)c1cccc(N2CC(=O)NC(=O)C2(C)C)c1N. The van der Waals surface area contributed by atoms with Gasteiger partial charge in [0.25, 0.3) is 5.91 Å². The number of rotatable bonds is 2. The number of hydrogen-bond donors (Lipinski definition) is 2. The van der Waals surface area contributed by atoms with Gasteiger partial charge in [-0.05, 0) is 26.0 Å². The number of ether oxygens (including phenoxy) is 1. The first kappa shape index (κ1) is 14.8. The fourth-order valence-corrected chi connectivity index (χ4v) is 2.25. The van der Waals surface area contributed by atoms with Gasteiger partial charge in [0.2, 0.25) is 5.91 Å². The number of nitrogens with zero attached hydrogens (tertiary/aromatic N) is 1. The van der Waals surface area contributed by atoms with Crippen LogP contribution in [0.5, 0.6) is 0 Å². The van der Waals surface area contributed by atoms with Gasteiger partial charge in [-0.15, -0.1) is 0 Å². The molecule has 0 spiro atoms. The minimum Gasteiger partial charge on any atom is -0.465 e. The molecular weight excluding hydrogens is 274 g/mol. The van der Waals surface area contributed by atoms with Gasteiger partial charge in [0.1, 0.15) is 5.54 Å². The Morgan fingerprint density at radius 2 is 2.05 bits per heavy atom. The van der Waals surface area contributed by atoms with E-state index >= 15 is 0 Å². The number of anilines is 2. The summed E-state index contributed by atoms with van der Waals surface area (Å²) in [7, 11) is 1.26. The maximum absolute atomic E-state index is 12.0. The molecule has 21 heavy (non-hydrogen) atoms. The topological polar surface area (TPSA) is 102 Å². The number of carbonyl (C=O) groups is 3. The molecule has 1 aromatic carbocycles. The van der Waals surface area contributed by atoms with E-state index in [1.807, 2.05) is 0 Å². The van der Waals surface area contributed by atoms with Crippen molar-refractivity contribution >= 4 is 29.2 Å². The molecule has 1 heterocycles. The average Bonchev–Trinajstić information content (AvgIpc) is 2.43. The van der Waals surface area contributed by atoms with Crippen molar-refractivity contribution in [3.8, 4) is 0 Å². The van der Waals surface area contributed by atoms with Crippen LogP contribution in [0.3, 0.4) is 0 Å². The summed E-state index contributed by atoms with van der Waals surface area (Å²) in [5, 5.41) is 2.29. The first-order chi connectivity index (χ1) is 9.78. The van der Waals surface area contributed by atoms with E-state index in [2.05, 4.69) is 10.1 Å². The molecule has 1 fully saturated rings. The molecule has 0 radical (unpaired) electrons. The van der Waals surface area contributed by atoms with Crippen molar-refractivity contribution in [2.75, 3.05) is 24.3 Å². The highest BCUT2D eigenvalue weighted by molar-refractivity contribution is 6.08. The maximum Gasteiger partial charge on any atom is 0.340 e. The second-order valence-corrected chi connectivity index (χ2v) is 5.25. The number of nitrogen functional groups attached to an aromatic ring is 1. The number of imide groups is 1. The molecule has 7 nitrogen and oxygen atoms in total. The molecule has 0 aliphatic carbocycles. The molecule has 0 aromatic heterocycles. The van der Waals surface area contributed by atoms with Crippen LogP contribution in [0.2, 0.25) is 0 Å². The zero-order valence-corrected chi connectivity index (χ0v) is 12.1. The zero-order chi connectivity index (χ0) is 15.8. The Balaban J connectivity index is 2.52. The van der Waals surface area contributed by atoms with E-state index in [-0.39, 0.29) is 17.8 Å². The molecule has 7 heteroatoms. The summed E-state index contributed by atoms with van der Waals surface area (Å²) < 4.78 is 4.67. The highest BCUT2D eigenvalue weighted by Gasteiger charge is 2.41. The number of benzene rings is 1. The Morgan fingerprint density at radius 3 is 2.67 bits per heavy atom. The largest absolute Gasteiger partial charge is 0.465 e. The number of nitrogens with two attached hydrogens (primary N) is 1. The van der Waals surface area contributed by atoms with Crippen LogP contribution in [0.1, 0.15) is 24.2 Å². The van der Waals surface area contributed by atoms with E-state index in [1.54, 1.807) is 30.9 Å². The summed E-state index contributed by atoms with van der Waals surface area (Å²) in [5.41, 5.74) is 5.88. The van der Waals surface area contributed by atoms with Gasteiger partial charge in [-0.2, -0.15) is 0 Å². The summed E-state index contributed by atoms with van der Waals surface area (Å²) in [6.45, 7) is 3.34. The zero-order valence-electron chi connectivity index (χ0n) is 12.1. The molecule has 0 unspecified atom stereocenters. The molecule has 0 bridgehead atoms. The minimum atomic E-state index is -0.962. The summed E-state index contributed by atoms with van der Waals surface area (Å²) in [4.78, 5) is 36.9. The lowest BCUT2D eigenvalue weighted by molar-refractivity contribution is -0.135. The van der Waals surface area contributed by atoms with Crippen LogP contribution in [-0.4, -0.2) is 37.0 Å². The molecule has 1 saturated heterocycles. The number of nitrogens with one attached hydrogen (secondary N) is 1. The first-order valence-corrected chi connectivity index (χ1v) is 6.37. The van der Waals surface area contributed by atoms with Crippen molar-refractivity contribution in [2.45, 2.75) is 19.4 Å². The lowest BCUT2D eigenvalue weighted by Gasteiger charge is -2.42. The molecule has 1 aliphatic heterocycles. The third kappa shape index (κ3) is 2.42. The van der Waals surface area contributed by atoms with Crippen LogP contribution in [0, 0.1) is 0 Å². The number of para-hydroxylation sites is 1.